The van der Waals surface area contributed by atoms with E-state index < -0.39 is 23.3 Å². The molecule has 0 fully saturated rings. The highest BCUT2D eigenvalue weighted by Crippen LogP contribution is 2.35. The Hall–Kier alpha value is -4.35. The molecule has 1 atom stereocenters. The van der Waals surface area contributed by atoms with E-state index >= 15 is 0 Å². The van der Waals surface area contributed by atoms with Gasteiger partial charge in [-0.1, -0.05) is 31.2 Å². The van der Waals surface area contributed by atoms with Crippen molar-refractivity contribution in [2.24, 2.45) is 5.73 Å². The van der Waals surface area contributed by atoms with E-state index in [1.165, 1.54) is 35.0 Å². The molecule has 1 aliphatic carbocycles. The lowest BCUT2D eigenvalue weighted by molar-refractivity contribution is 0.00682. The molecule has 228 valence electrons. The van der Waals surface area contributed by atoms with Crippen LogP contribution in [0, 0.1) is 12.7 Å². The zero-order valence-electron chi connectivity index (χ0n) is 23.6. The van der Waals surface area contributed by atoms with Gasteiger partial charge in [0, 0.05) is 18.7 Å². The number of benzene rings is 2. The fraction of sp³-hybridized carbons (Fsp3) is 0.323. The van der Waals surface area contributed by atoms with Crippen molar-refractivity contribution in [3.8, 4) is 0 Å². The van der Waals surface area contributed by atoms with Gasteiger partial charge in [0.1, 0.15) is 17.1 Å². The molecule has 2 heterocycles. The Kier molecular flexibility index (Phi) is 10.3. The van der Waals surface area contributed by atoms with E-state index in [9.17, 15) is 23.9 Å². The highest BCUT2D eigenvalue weighted by atomic mass is 35.5. The summed E-state index contributed by atoms with van der Waals surface area (Å²) in [5, 5.41) is 16.5. The predicted octanol–water partition coefficient (Wildman–Crippen LogP) is 5.68. The summed E-state index contributed by atoms with van der Waals surface area (Å²) >= 11 is 5.46. The Morgan fingerprint density at radius 3 is 2.53 bits per heavy atom. The summed E-state index contributed by atoms with van der Waals surface area (Å²) < 4.78 is 19.3. The zero-order valence-corrected chi connectivity index (χ0v) is 24.3. The Bertz CT molecular complexity index is 1680. The van der Waals surface area contributed by atoms with Gasteiger partial charge in [0.25, 0.3) is 5.91 Å². The third kappa shape index (κ3) is 7.54. The van der Waals surface area contributed by atoms with Gasteiger partial charge < -0.3 is 20.9 Å². The monoisotopic (exact) mass is 611 g/mol. The number of nitrogens with zero attached hydrogens (tertiary/aromatic N) is 3. The highest BCUT2D eigenvalue weighted by molar-refractivity contribution is 6.30. The van der Waals surface area contributed by atoms with E-state index in [0.29, 0.717) is 24.9 Å². The normalized spacial score (nSPS) is 13.8. The van der Waals surface area contributed by atoms with Crippen LogP contribution in [-0.2, 0) is 17.7 Å². The van der Waals surface area contributed by atoms with Gasteiger partial charge in [-0.25, -0.2) is 23.5 Å². The molecule has 1 amide bonds. The number of nitrogens with one attached hydrogen (secondary N) is 1. The molecular formula is C31H35ClFN5O5. The fourth-order valence-corrected chi connectivity index (χ4v) is 4.87. The average Bonchev–Trinajstić information content (AvgIpc) is 3.56. The molecule has 0 saturated carbocycles. The van der Waals surface area contributed by atoms with Crippen molar-refractivity contribution in [1.29, 1.82) is 0 Å². The number of carboxylic acids is 1. The standard InChI is InChI=1S/C23H24N4O5.C7H7ClFN.CH4/c1-12-13-7-8-16(15(13)6-5-14(12)22(31)32-23(2,3)4)26-20(28)18-11-17(21(29)30)25-19-9-10-24-27(18)19;8-6-3-5(4-10)1-2-7(6)9;/h5-6,9-11,16H,7-8H2,1-4H3,(H,26,28)(H,29,30);1-3H,4,10H2;1H4/t16-;;/m0../s1. The van der Waals surface area contributed by atoms with Gasteiger partial charge in [0.05, 0.1) is 22.8 Å². The van der Waals surface area contributed by atoms with Crippen LogP contribution in [-0.4, -0.2) is 43.2 Å². The molecule has 5 rings (SSSR count). The molecule has 4 aromatic rings. The molecule has 4 N–H and O–H groups in total. The van der Waals surface area contributed by atoms with Gasteiger partial charge in [-0.2, -0.15) is 5.10 Å². The van der Waals surface area contributed by atoms with Crippen LogP contribution in [0.1, 0.15) is 94.2 Å². The van der Waals surface area contributed by atoms with Gasteiger partial charge in [-0.15, -0.1) is 0 Å². The van der Waals surface area contributed by atoms with E-state index in [1.807, 2.05) is 33.8 Å². The average molecular weight is 612 g/mol. The SMILES string of the molecule is C.Cc1c(C(=O)OC(C)(C)C)ccc2c1CC[C@@H]2NC(=O)c1cc(C(=O)O)nc2ccnn12.NCc1ccc(F)c(Cl)c1. The number of nitrogens with two attached hydrogens (primary N) is 1. The van der Waals surface area contributed by atoms with Crippen molar-refractivity contribution in [3.05, 3.63) is 98.7 Å². The zero-order chi connectivity index (χ0) is 30.8. The number of aromatic nitrogens is 3. The van der Waals surface area contributed by atoms with Crippen molar-refractivity contribution in [1.82, 2.24) is 19.9 Å². The first-order valence-electron chi connectivity index (χ1n) is 13.2. The summed E-state index contributed by atoms with van der Waals surface area (Å²) in [6.07, 6.45) is 2.83. The summed E-state index contributed by atoms with van der Waals surface area (Å²) in [4.78, 5) is 41.0. The number of rotatable bonds is 5. The van der Waals surface area contributed by atoms with Crippen LogP contribution in [0.25, 0.3) is 5.65 Å². The number of carbonyl (C=O) groups excluding carboxylic acids is 2. The highest BCUT2D eigenvalue weighted by Gasteiger charge is 2.30. The number of carbonyl (C=O) groups is 3. The third-order valence-corrected chi connectivity index (χ3v) is 6.94. The van der Waals surface area contributed by atoms with E-state index in [1.54, 1.807) is 12.1 Å². The van der Waals surface area contributed by atoms with Crippen LogP contribution in [0.4, 0.5) is 4.39 Å². The largest absolute Gasteiger partial charge is 0.477 e. The quantitative estimate of drug-likeness (QED) is 0.244. The second kappa shape index (κ2) is 13.3. The molecule has 0 aliphatic heterocycles. The number of carboxylic acid groups (broad SMARTS) is 1. The summed E-state index contributed by atoms with van der Waals surface area (Å²) in [5.41, 5.74) is 9.00. The first-order chi connectivity index (χ1) is 19.8. The minimum atomic E-state index is -1.22. The number of hydrogen-bond donors (Lipinski definition) is 3. The van der Waals surface area contributed by atoms with Crippen LogP contribution in [0.5, 0.6) is 0 Å². The van der Waals surface area contributed by atoms with Crippen LogP contribution >= 0.6 is 11.6 Å². The third-order valence-electron chi connectivity index (χ3n) is 6.65. The molecule has 2 aromatic heterocycles. The minimum absolute atomic E-state index is 0. The van der Waals surface area contributed by atoms with Gasteiger partial charge in [0.15, 0.2) is 11.3 Å². The number of ether oxygens (including phenoxy) is 1. The van der Waals surface area contributed by atoms with Gasteiger partial charge in [-0.05, 0) is 81.0 Å². The van der Waals surface area contributed by atoms with E-state index in [4.69, 9.17) is 22.1 Å². The maximum atomic E-state index is 13.0. The number of hydrogen-bond acceptors (Lipinski definition) is 7. The van der Waals surface area contributed by atoms with Gasteiger partial charge in [0.2, 0.25) is 0 Å². The van der Waals surface area contributed by atoms with E-state index in [0.717, 1.165) is 22.3 Å². The van der Waals surface area contributed by atoms with Crippen molar-refractivity contribution in [2.75, 3.05) is 0 Å². The molecule has 10 nitrogen and oxygen atoms in total. The summed E-state index contributed by atoms with van der Waals surface area (Å²) in [5.74, 6) is -2.45. The maximum absolute atomic E-state index is 13.0. The van der Waals surface area contributed by atoms with Gasteiger partial charge in [-0.3, -0.25) is 4.79 Å². The second-order valence-corrected chi connectivity index (χ2v) is 11.2. The van der Waals surface area contributed by atoms with Crippen molar-refractivity contribution >= 4 is 35.1 Å². The molecule has 0 bridgehead atoms. The fourth-order valence-electron chi connectivity index (χ4n) is 4.67. The molecule has 0 unspecified atom stereocenters. The molecule has 0 saturated heterocycles. The van der Waals surface area contributed by atoms with Crippen molar-refractivity contribution in [3.63, 3.8) is 0 Å². The van der Waals surface area contributed by atoms with Crippen LogP contribution in [0.3, 0.4) is 0 Å². The molecule has 43 heavy (non-hydrogen) atoms. The Balaban J connectivity index is 0.000000392. The van der Waals surface area contributed by atoms with Crippen molar-refractivity contribution < 1.29 is 28.6 Å². The number of amides is 1. The van der Waals surface area contributed by atoms with Gasteiger partial charge >= 0.3 is 11.9 Å². The van der Waals surface area contributed by atoms with Crippen LogP contribution in [0.15, 0.2) is 48.7 Å². The molecule has 0 spiro atoms. The molecule has 0 radical (unpaired) electrons. The van der Waals surface area contributed by atoms with E-state index in [-0.39, 0.29) is 41.5 Å². The number of halogens is 2. The topological polar surface area (TPSA) is 149 Å². The van der Waals surface area contributed by atoms with Crippen LogP contribution < -0.4 is 11.1 Å². The van der Waals surface area contributed by atoms with E-state index in [2.05, 4.69) is 15.4 Å². The smallest absolute Gasteiger partial charge is 0.354 e. The summed E-state index contributed by atoms with van der Waals surface area (Å²) in [6, 6.07) is 10.5. The summed E-state index contributed by atoms with van der Waals surface area (Å²) in [7, 11) is 0. The summed E-state index contributed by atoms with van der Waals surface area (Å²) in [6.45, 7) is 7.75. The Morgan fingerprint density at radius 2 is 1.91 bits per heavy atom. The first-order valence-corrected chi connectivity index (χ1v) is 13.6. The van der Waals surface area contributed by atoms with Crippen LogP contribution in [0.2, 0.25) is 5.02 Å². The number of esters is 1. The first kappa shape index (κ1) is 33.2. The molecule has 12 heteroatoms. The minimum Gasteiger partial charge on any atom is -0.477 e. The molecule has 1 aliphatic rings. The molecule has 2 aromatic carbocycles. The Labute approximate surface area is 254 Å². The lowest BCUT2D eigenvalue weighted by Crippen LogP contribution is -2.29. The number of aromatic carboxylic acids is 1. The Morgan fingerprint density at radius 1 is 1.19 bits per heavy atom. The lowest BCUT2D eigenvalue weighted by atomic mass is 9.97. The van der Waals surface area contributed by atoms with Crippen molar-refractivity contribution in [2.45, 2.75) is 66.2 Å². The maximum Gasteiger partial charge on any atom is 0.354 e. The molecular weight excluding hydrogens is 577 g/mol. The predicted molar refractivity (Wildman–Crippen MR) is 161 cm³/mol. The lowest BCUT2D eigenvalue weighted by Gasteiger charge is -2.21. The second-order valence-electron chi connectivity index (χ2n) is 10.8. The number of fused-ring (bicyclic) bond motifs is 2.